The smallest absolute Gasteiger partial charge is 0.355 e. The molecule has 1 N–H and O–H groups in total. The number of nitrogens with zero attached hydrogens (tertiary/aromatic N) is 7. The molecule has 250 valence electrons. The fraction of sp³-hybridized carbons (Fsp3) is 0.469. The van der Waals surface area contributed by atoms with E-state index in [0.29, 0.717) is 22.9 Å². The van der Waals surface area contributed by atoms with Gasteiger partial charge in [-0.3, -0.25) is 14.4 Å². The minimum Gasteiger partial charge on any atom is -0.355 e. The zero-order valence-electron chi connectivity index (χ0n) is 26.0. The number of hydrogen-bond donors (Lipinski definition) is 1. The molecule has 2 fully saturated rings. The number of benzene rings is 2. The number of rotatable bonds is 4. The molecular weight excluding hydrogens is 641 g/mol. The number of thioether (sulfide) groups is 1. The van der Waals surface area contributed by atoms with Crippen LogP contribution in [-0.4, -0.2) is 110 Å². The first kappa shape index (κ1) is 31.9. The first-order valence-electron chi connectivity index (χ1n) is 15.4. The van der Waals surface area contributed by atoms with Crippen LogP contribution in [0.2, 0.25) is 0 Å². The molecule has 0 saturated carbocycles. The number of aliphatic imine (C=N–C) groups is 1. The number of piperazine rings is 1. The van der Waals surface area contributed by atoms with E-state index < -0.39 is 30.1 Å². The lowest BCUT2D eigenvalue weighted by Crippen LogP contribution is -2.62. The van der Waals surface area contributed by atoms with E-state index in [9.17, 15) is 18.7 Å². The number of hydrogen-bond acceptors (Lipinski definition) is 8. The molecule has 5 heterocycles. The number of amides is 1. The van der Waals surface area contributed by atoms with Crippen LogP contribution in [0.15, 0.2) is 46.9 Å². The Morgan fingerprint density at radius 2 is 1.85 bits per heavy atom. The first-order valence-corrected chi connectivity index (χ1v) is 16.4. The summed E-state index contributed by atoms with van der Waals surface area (Å²) in [6.45, 7) is 8.71. The summed E-state index contributed by atoms with van der Waals surface area (Å²) >= 11 is 1.24. The summed E-state index contributed by atoms with van der Waals surface area (Å²) in [4.78, 5) is 24.6. The number of alkyl halides is 4. The van der Waals surface area contributed by atoms with Crippen LogP contribution in [0.25, 0.3) is 22.0 Å². The molecule has 2 aromatic carbocycles. The molecule has 4 atom stereocenters. The number of aryl methyl sites for hydroxylation is 1. The van der Waals surface area contributed by atoms with E-state index in [2.05, 4.69) is 16.7 Å². The summed E-state index contributed by atoms with van der Waals surface area (Å²) in [6.07, 6.45) is -4.66. The van der Waals surface area contributed by atoms with Crippen LogP contribution in [0.3, 0.4) is 0 Å². The average Bonchev–Trinajstić information content (AvgIpc) is 3.39. The highest BCUT2D eigenvalue weighted by atomic mass is 32.2. The number of carbonyl (C=O) groups excluding carboxylic acids is 1. The third-order valence-electron chi connectivity index (χ3n) is 9.51. The number of aromatic nitrogens is 2. The highest BCUT2D eigenvalue weighted by Gasteiger charge is 2.47. The van der Waals surface area contributed by atoms with E-state index in [-0.39, 0.29) is 83.6 Å². The number of carbonyl (C=O) groups is 1. The summed E-state index contributed by atoms with van der Waals surface area (Å²) in [5, 5.41) is 15.9. The van der Waals surface area contributed by atoms with Gasteiger partial charge in [-0.05, 0) is 38.1 Å². The maximum atomic E-state index is 15.2. The third-order valence-corrected chi connectivity index (χ3v) is 10.7. The fourth-order valence-electron chi connectivity index (χ4n) is 7.53. The Hall–Kier alpha value is -3.69. The molecule has 15 heteroatoms. The Morgan fingerprint density at radius 1 is 1.15 bits per heavy atom. The Balaban J connectivity index is 1.44. The van der Waals surface area contributed by atoms with Crippen LogP contribution in [0.5, 0.6) is 0 Å². The molecule has 0 aliphatic carbocycles. The van der Waals surface area contributed by atoms with E-state index in [1.807, 2.05) is 23.6 Å². The van der Waals surface area contributed by atoms with Crippen LogP contribution in [-0.2, 0) is 18.0 Å². The van der Waals surface area contributed by atoms with Gasteiger partial charge in [0, 0.05) is 79.2 Å². The minimum absolute atomic E-state index is 0.0920. The Labute approximate surface area is 272 Å². The lowest BCUT2D eigenvalue weighted by molar-refractivity contribution is -0.137. The zero-order valence-corrected chi connectivity index (χ0v) is 26.8. The maximum absolute atomic E-state index is 15.2. The Morgan fingerprint density at radius 3 is 2.49 bits per heavy atom. The van der Waals surface area contributed by atoms with Crippen LogP contribution < -0.4 is 4.90 Å². The summed E-state index contributed by atoms with van der Waals surface area (Å²) in [7, 11) is 1.55. The van der Waals surface area contributed by atoms with Crippen molar-refractivity contribution in [3.8, 4) is 11.1 Å². The molecular formula is C32H34F5N7O2S. The van der Waals surface area contributed by atoms with Gasteiger partial charge in [0.15, 0.2) is 0 Å². The summed E-state index contributed by atoms with van der Waals surface area (Å²) in [6, 6.07) is 2.55. The van der Waals surface area contributed by atoms with Crippen LogP contribution in [0.1, 0.15) is 25.0 Å². The van der Waals surface area contributed by atoms with Crippen LogP contribution >= 0.6 is 11.8 Å². The van der Waals surface area contributed by atoms with Gasteiger partial charge < -0.3 is 19.8 Å². The quantitative estimate of drug-likeness (QED) is 0.323. The van der Waals surface area contributed by atoms with Gasteiger partial charge in [0.05, 0.1) is 34.4 Å². The van der Waals surface area contributed by atoms with Gasteiger partial charge in [0.2, 0.25) is 12.3 Å². The predicted molar refractivity (Wildman–Crippen MR) is 170 cm³/mol. The van der Waals surface area contributed by atoms with Crippen LogP contribution in [0.4, 0.5) is 27.6 Å². The lowest BCUT2D eigenvalue weighted by atomic mass is 9.91. The Kier molecular flexibility index (Phi) is 7.79. The van der Waals surface area contributed by atoms with Crippen molar-refractivity contribution in [1.29, 1.82) is 0 Å². The highest BCUT2D eigenvalue weighted by molar-refractivity contribution is 7.99. The number of fused-ring (bicyclic) bond motifs is 1. The summed E-state index contributed by atoms with van der Waals surface area (Å²) < 4.78 is 75.6. The monoisotopic (exact) mass is 675 g/mol. The van der Waals surface area contributed by atoms with Gasteiger partial charge >= 0.3 is 6.18 Å². The number of aliphatic hydroxyl groups is 1. The lowest BCUT2D eigenvalue weighted by Gasteiger charge is -2.50. The number of likely N-dealkylation sites (tertiary alicyclic amines) is 1. The van der Waals surface area contributed by atoms with Crippen molar-refractivity contribution in [3.63, 3.8) is 0 Å². The van der Waals surface area contributed by atoms with Crippen molar-refractivity contribution < 1.29 is 31.9 Å². The fourth-order valence-corrected chi connectivity index (χ4v) is 8.88. The van der Waals surface area contributed by atoms with Crippen molar-refractivity contribution in [3.05, 3.63) is 54.0 Å². The molecule has 2 unspecified atom stereocenters. The average molecular weight is 676 g/mol. The molecule has 47 heavy (non-hydrogen) atoms. The Bertz CT molecular complexity index is 1790. The third kappa shape index (κ3) is 5.17. The SMILES string of the molecule is C=CC(=O)N1[C@H](C)CN(C2=NC(O)N3c4c2cc(C(F)(F)F)c(-c2ccc(F)c5cnn(C)c25)c4SCC3CN2CC(F)C2)C[C@@H]1C. The number of amidine groups is 1. The summed E-state index contributed by atoms with van der Waals surface area (Å²) in [5.74, 6) is -0.342. The topological polar surface area (TPSA) is 80.4 Å². The van der Waals surface area contributed by atoms with E-state index >= 15 is 13.2 Å². The normalized spacial score (nSPS) is 25.1. The summed E-state index contributed by atoms with van der Waals surface area (Å²) in [5.41, 5.74) is -0.0581. The number of halogens is 5. The number of anilines is 1. The van der Waals surface area contributed by atoms with Crippen molar-refractivity contribution in [2.24, 2.45) is 12.0 Å². The van der Waals surface area contributed by atoms with Crippen molar-refractivity contribution >= 4 is 40.1 Å². The molecule has 7 rings (SSSR count). The second-order valence-electron chi connectivity index (χ2n) is 12.7. The first-order chi connectivity index (χ1) is 22.3. The molecule has 4 aliphatic heterocycles. The van der Waals surface area contributed by atoms with Gasteiger partial charge in [-0.15, -0.1) is 11.8 Å². The highest BCUT2D eigenvalue weighted by Crippen LogP contribution is 2.54. The van der Waals surface area contributed by atoms with Gasteiger partial charge in [0.25, 0.3) is 0 Å². The molecule has 0 bridgehead atoms. The molecule has 3 aromatic rings. The van der Waals surface area contributed by atoms with Gasteiger partial charge in [-0.1, -0.05) is 6.58 Å². The van der Waals surface area contributed by atoms with Crippen molar-refractivity contribution in [2.75, 3.05) is 43.4 Å². The van der Waals surface area contributed by atoms with Gasteiger partial charge in [-0.2, -0.15) is 18.3 Å². The second kappa shape index (κ2) is 11.5. The van der Waals surface area contributed by atoms with E-state index in [1.54, 1.807) is 16.8 Å². The standard InChI is InChI=1S/C32H34F5N7O2S/c1-5-25(45)43-16(2)10-42(11-17(43)3)30-21-8-23(32(35,36)37)26(20-6-7-24(34)22-9-38-40(4)27(20)22)29-28(21)44(31(46)39-30)19(15-47-29)14-41-12-18(33)13-41/h5-9,16-19,31,46H,1,10-15H2,2-4H3/t16-,17+,19?,31?. The van der Waals surface area contributed by atoms with Gasteiger partial charge in [-0.25, -0.2) is 13.8 Å². The molecule has 1 aromatic heterocycles. The molecule has 1 amide bonds. The largest absolute Gasteiger partial charge is 0.417 e. The van der Waals surface area contributed by atoms with E-state index in [0.717, 1.165) is 12.1 Å². The minimum atomic E-state index is -4.81. The maximum Gasteiger partial charge on any atom is 0.417 e. The number of aliphatic hydroxyl groups excluding tert-OH is 1. The zero-order chi connectivity index (χ0) is 33.5. The molecule has 9 nitrogen and oxygen atoms in total. The molecule has 0 spiro atoms. The van der Waals surface area contributed by atoms with E-state index in [4.69, 9.17) is 0 Å². The van der Waals surface area contributed by atoms with Gasteiger partial charge in [0.1, 0.15) is 17.8 Å². The van der Waals surface area contributed by atoms with E-state index in [1.165, 1.54) is 34.8 Å². The second-order valence-corrected chi connectivity index (χ2v) is 13.7. The molecule has 0 radical (unpaired) electrons. The molecule has 4 aliphatic rings. The predicted octanol–water partition coefficient (Wildman–Crippen LogP) is 4.48. The van der Waals surface area contributed by atoms with Crippen molar-refractivity contribution in [1.82, 2.24) is 24.5 Å². The van der Waals surface area contributed by atoms with Crippen molar-refractivity contribution in [2.45, 2.75) is 55.6 Å². The molecule has 2 saturated heterocycles. The van der Waals surface area contributed by atoms with Crippen LogP contribution in [0, 0.1) is 5.82 Å².